The topological polar surface area (TPSA) is 97.0 Å². The molecule has 0 saturated heterocycles. The van der Waals surface area contributed by atoms with Gasteiger partial charge >= 0.3 is 0 Å². The molecule has 0 spiro atoms. The zero-order valence-corrected chi connectivity index (χ0v) is 13.8. The van der Waals surface area contributed by atoms with Crippen molar-refractivity contribution in [2.24, 2.45) is 17.3 Å². The molecule has 0 unspecified atom stereocenters. The number of nitrogens with two attached hydrogens (primary N) is 1. The Morgan fingerprint density at radius 3 is 2.38 bits per heavy atom. The van der Waals surface area contributed by atoms with E-state index < -0.39 is 11.3 Å². The van der Waals surface area contributed by atoms with Gasteiger partial charge in [0, 0.05) is 10.9 Å². The van der Waals surface area contributed by atoms with Gasteiger partial charge < -0.3 is 0 Å². The molecule has 0 amide bonds. The third-order valence-corrected chi connectivity index (χ3v) is 5.46. The van der Waals surface area contributed by atoms with Crippen LogP contribution in [-0.2, 0) is 0 Å². The highest BCUT2D eigenvalue weighted by Crippen LogP contribution is 2.54. The molecule has 4 nitrogen and oxygen atoms in total. The Kier molecular flexibility index (Phi) is 4.15. The maximum absolute atomic E-state index is 9.87. The molecule has 1 fully saturated rings. The molecule has 1 aromatic carbocycles. The highest BCUT2D eigenvalue weighted by molar-refractivity contribution is 6.30. The number of fused-ring (bicyclic) bond motifs is 1. The maximum atomic E-state index is 9.87. The Hall–Kier alpha value is -2.61. The van der Waals surface area contributed by atoms with E-state index in [0.717, 1.165) is 30.4 Å². The normalized spacial score (nSPS) is 27.8. The lowest BCUT2D eigenvalue weighted by molar-refractivity contribution is -0.128. The molecule has 2 aliphatic rings. The lowest BCUT2D eigenvalue weighted by Gasteiger charge is -2.43. The Bertz CT molecular complexity index is 818. The zero-order chi connectivity index (χ0) is 17.3. The number of halogens is 1. The van der Waals surface area contributed by atoms with Crippen molar-refractivity contribution in [3.63, 3.8) is 0 Å². The second-order valence-corrected chi connectivity index (χ2v) is 6.76. The number of nitriles is 3. The molecule has 24 heavy (non-hydrogen) atoms. The Balaban J connectivity index is 2.24. The summed E-state index contributed by atoms with van der Waals surface area (Å²) in [5.74, 6) is -1.09. The van der Waals surface area contributed by atoms with Crippen LogP contribution in [0.25, 0.3) is 0 Å². The van der Waals surface area contributed by atoms with Crippen molar-refractivity contribution in [3.8, 4) is 18.2 Å². The summed E-state index contributed by atoms with van der Waals surface area (Å²) in [6.07, 6.45) is 4.78. The largest absolute Gasteiger partial charge is 0.258 e. The third kappa shape index (κ3) is 2.22. The van der Waals surface area contributed by atoms with Crippen LogP contribution in [0.5, 0.6) is 0 Å². The minimum Gasteiger partial charge on any atom is -0.258 e. The lowest BCUT2D eigenvalue weighted by atomic mass is 9.53. The van der Waals surface area contributed by atoms with Crippen LogP contribution in [0.15, 0.2) is 35.9 Å². The van der Waals surface area contributed by atoms with Gasteiger partial charge in [0.25, 0.3) is 0 Å². The van der Waals surface area contributed by atoms with Crippen molar-refractivity contribution >= 4 is 17.3 Å². The summed E-state index contributed by atoms with van der Waals surface area (Å²) in [5, 5.41) is 36.2. The molecule has 5 heteroatoms. The highest BCUT2D eigenvalue weighted by atomic mass is 35.5. The molecule has 0 bridgehead atoms. The molecule has 2 N–H and O–H groups in total. The van der Waals surface area contributed by atoms with Gasteiger partial charge in [-0.3, -0.25) is 5.41 Å². The SMILES string of the molecule is N#C[C@@H]1C(=[NH2+])C(C#N)(C#N)[C@@H](c2ccc(Cl)cc2)[C@H]2CCCC=C12. The first-order valence-electron chi connectivity index (χ1n) is 7.89. The minimum atomic E-state index is -1.51. The summed E-state index contributed by atoms with van der Waals surface area (Å²) in [5.41, 5.74) is 0.467. The van der Waals surface area contributed by atoms with Gasteiger partial charge in [0.05, 0.1) is 18.2 Å². The highest BCUT2D eigenvalue weighted by Gasteiger charge is 2.60. The summed E-state index contributed by atoms with van der Waals surface area (Å²) in [6.45, 7) is 0. The van der Waals surface area contributed by atoms with Gasteiger partial charge in [-0.2, -0.15) is 15.8 Å². The van der Waals surface area contributed by atoms with Crippen LogP contribution in [0.2, 0.25) is 5.02 Å². The van der Waals surface area contributed by atoms with Crippen molar-refractivity contribution < 1.29 is 5.41 Å². The first kappa shape index (κ1) is 16.3. The van der Waals surface area contributed by atoms with Crippen LogP contribution in [-0.4, -0.2) is 5.71 Å². The first-order chi connectivity index (χ1) is 11.6. The monoisotopic (exact) mass is 335 g/mol. The van der Waals surface area contributed by atoms with E-state index >= 15 is 0 Å². The van der Waals surface area contributed by atoms with E-state index in [1.807, 2.05) is 12.1 Å². The van der Waals surface area contributed by atoms with Gasteiger partial charge in [0.15, 0.2) is 0 Å². The van der Waals surface area contributed by atoms with Crippen molar-refractivity contribution in [1.29, 1.82) is 15.8 Å². The Labute approximate surface area is 146 Å². The van der Waals surface area contributed by atoms with E-state index in [9.17, 15) is 15.8 Å². The van der Waals surface area contributed by atoms with E-state index in [4.69, 9.17) is 17.0 Å². The molecule has 0 aliphatic heterocycles. The van der Waals surface area contributed by atoms with Crippen LogP contribution in [0.3, 0.4) is 0 Å². The molecule has 0 heterocycles. The molecule has 0 aromatic heterocycles. The number of hydrogen-bond donors (Lipinski definition) is 1. The van der Waals surface area contributed by atoms with E-state index in [1.54, 1.807) is 12.1 Å². The number of hydrogen-bond acceptors (Lipinski definition) is 3. The second kappa shape index (κ2) is 6.12. The molecule has 3 rings (SSSR count). The number of allylic oxidation sites excluding steroid dienone is 2. The number of nitrogens with zero attached hydrogens (tertiary/aromatic N) is 3. The van der Waals surface area contributed by atoms with E-state index in [1.165, 1.54) is 0 Å². The Morgan fingerprint density at radius 1 is 1.12 bits per heavy atom. The quantitative estimate of drug-likeness (QED) is 0.798. The first-order valence-corrected chi connectivity index (χ1v) is 8.27. The fourth-order valence-corrected chi connectivity index (χ4v) is 4.22. The van der Waals surface area contributed by atoms with Gasteiger partial charge in [0.1, 0.15) is 5.92 Å². The van der Waals surface area contributed by atoms with Crippen LogP contribution >= 0.6 is 11.6 Å². The predicted molar refractivity (Wildman–Crippen MR) is 89.3 cm³/mol. The van der Waals surface area contributed by atoms with Crippen LogP contribution < -0.4 is 5.41 Å². The average Bonchev–Trinajstić information content (AvgIpc) is 2.62. The summed E-state index contributed by atoms with van der Waals surface area (Å²) in [7, 11) is 0. The fourth-order valence-electron chi connectivity index (χ4n) is 4.09. The van der Waals surface area contributed by atoms with Gasteiger partial charge in [-0.15, -0.1) is 0 Å². The summed E-state index contributed by atoms with van der Waals surface area (Å²) < 4.78 is 0. The smallest absolute Gasteiger partial charge is 0.230 e. The van der Waals surface area contributed by atoms with Gasteiger partial charge in [-0.05, 0) is 48.4 Å². The molecular weight excluding hydrogens is 320 g/mol. The van der Waals surface area contributed by atoms with Crippen molar-refractivity contribution in [2.45, 2.75) is 25.2 Å². The molecule has 2 aliphatic carbocycles. The summed E-state index contributed by atoms with van der Waals surface area (Å²) in [4.78, 5) is 0. The van der Waals surface area contributed by atoms with Gasteiger partial charge in [0.2, 0.25) is 11.1 Å². The van der Waals surface area contributed by atoms with Crippen molar-refractivity contribution in [3.05, 3.63) is 46.5 Å². The molecule has 118 valence electrons. The maximum Gasteiger partial charge on any atom is 0.230 e. The lowest BCUT2D eigenvalue weighted by Crippen LogP contribution is -2.60. The average molecular weight is 336 g/mol. The predicted octanol–water partition coefficient (Wildman–Crippen LogP) is 2.54. The van der Waals surface area contributed by atoms with Crippen LogP contribution in [0.1, 0.15) is 30.7 Å². The number of benzene rings is 1. The minimum absolute atomic E-state index is 0.0313. The molecule has 1 saturated carbocycles. The molecule has 1 aromatic rings. The zero-order valence-electron chi connectivity index (χ0n) is 13.0. The standard InChI is InChI=1S/C19H15ClN4/c20-13-7-5-12(6-8-13)17-15-4-2-1-3-14(15)16(9-21)18(24)19(17,10-22)11-23/h3,5-8,15-17,24H,1-2,4H2/p+1/t15-,16-,17-/m0/s1. The summed E-state index contributed by atoms with van der Waals surface area (Å²) in [6, 6.07) is 13.7. The second-order valence-electron chi connectivity index (χ2n) is 6.32. The third-order valence-electron chi connectivity index (χ3n) is 5.21. The van der Waals surface area contributed by atoms with E-state index in [2.05, 4.69) is 24.3 Å². The van der Waals surface area contributed by atoms with Gasteiger partial charge in [-0.1, -0.05) is 29.8 Å². The fraction of sp³-hybridized carbons (Fsp3) is 0.368. The Morgan fingerprint density at radius 2 is 1.79 bits per heavy atom. The van der Waals surface area contributed by atoms with Gasteiger partial charge in [-0.25, -0.2) is 0 Å². The number of rotatable bonds is 1. The van der Waals surface area contributed by atoms with Crippen LogP contribution in [0, 0.1) is 51.2 Å². The molecular formula is C19H16ClN4+. The van der Waals surface area contributed by atoms with E-state index in [0.29, 0.717) is 5.02 Å². The van der Waals surface area contributed by atoms with Crippen molar-refractivity contribution in [1.82, 2.24) is 0 Å². The molecule has 3 atom stereocenters. The van der Waals surface area contributed by atoms with E-state index in [-0.39, 0.29) is 17.5 Å². The summed E-state index contributed by atoms with van der Waals surface area (Å²) >= 11 is 5.99. The van der Waals surface area contributed by atoms with Crippen molar-refractivity contribution in [2.75, 3.05) is 0 Å². The van der Waals surface area contributed by atoms with Crippen LogP contribution in [0.4, 0.5) is 0 Å². The molecule has 0 radical (unpaired) electrons.